The summed E-state index contributed by atoms with van der Waals surface area (Å²) < 4.78 is 19.7. The standard InChI is InChI=1S/C15H14FNOS/c1-10-5-2-3-8-13(10)18-9-11-6-4-7-12(14(11)16)15(17)19/h2-8H,9H2,1H3,(H2,17,19). The van der Waals surface area contributed by atoms with Crippen molar-refractivity contribution in [3.63, 3.8) is 0 Å². The molecule has 0 saturated carbocycles. The highest BCUT2D eigenvalue weighted by Gasteiger charge is 2.10. The zero-order chi connectivity index (χ0) is 13.8. The molecule has 0 spiro atoms. The summed E-state index contributed by atoms with van der Waals surface area (Å²) in [6.07, 6.45) is 0. The number of hydrogen-bond acceptors (Lipinski definition) is 2. The van der Waals surface area contributed by atoms with Crippen molar-refractivity contribution in [3.8, 4) is 5.75 Å². The van der Waals surface area contributed by atoms with Crippen molar-refractivity contribution in [2.45, 2.75) is 13.5 Å². The molecule has 0 aliphatic rings. The van der Waals surface area contributed by atoms with Crippen LogP contribution in [0.4, 0.5) is 4.39 Å². The molecule has 98 valence electrons. The number of thiocarbonyl (C=S) groups is 1. The summed E-state index contributed by atoms with van der Waals surface area (Å²) in [5.74, 6) is 0.325. The van der Waals surface area contributed by atoms with Crippen LogP contribution in [0.5, 0.6) is 5.75 Å². The zero-order valence-corrected chi connectivity index (χ0v) is 11.3. The lowest BCUT2D eigenvalue weighted by Crippen LogP contribution is -2.13. The average molecular weight is 275 g/mol. The number of hydrogen-bond donors (Lipinski definition) is 1. The lowest BCUT2D eigenvalue weighted by molar-refractivity contribution is 0.298. The highest BCUT2D eigenvalue weighted by Crippen LogP contribution is 2.20. The lowest BCUT2D eigenvalue weighted by atomic mass is 10.1. The maximum absolute atomic E-state index is 14.1. The van der Waals surface area contributed by atoms with Gasteiger partial charge in [-0.3, -0.25) is 0 Å². The second-order valence-electron chi connectivity index (χ2n) is 4.20. The normalized spacial score (nSPS) is 10.2. The quantitative estimate of drug-likeness (QED) is 0.869. The van der Waals surface area contributed by atoms with E-state index in [-0.39, 0.29) is 17.2 Å². The van der Waals surface area contributed by atoms with Crippen LogP contribution in [-0.4, -0.2) is 4.99 Å². The van der Waals surface area contributed by atoms with E-state index in [9.17, 15) is 4.39 Å². The molecular weight excluding hydrogens is 261 g/mol. The Labute approximate surface area is 117 Å². The van der Waals surface area contributed by atoms with Crippen LogP contribution in [0.15, 0.2) is 42.5 Å². The molecule has 0 unspecified atom stereocenters. The minimum absolute atomic E-state index is 0.0511. The lowest BCUT2D eigenvalue weighted by Gasteiger charge is -2.11. The number of nitrogens with two attached hydrogens (primary N) is 1. The first-order chi connectivity index (χ1) is 9.09. The number of ether oxygens (including phenoxy) is 1. The van der Waals surface area contributed by atoms with Gasteiger partial charge < -0.3 is 10.5 Å². The van der Waals surface area contributed by atoms with Crippen LogP contribution in [0.25, 0.3) is 0 Å². The topological polar surface area (TPSA) is 35.2 Å². The van der Waals surface area contributed by atoms with Crippen LogP contribution >= 0.6 is 12.2 Å². The van der Waals surface area contributed by atoms with Gasteiger partial charge in [-0.25, -0.2) is 4.39 Å². The minimum atomic E-state index is -0.413. The van der Waals surface area contributed by atoms with Gasteiger partial charge in [-0.1, -0.05) is 42.5 Å². The highest BCUT2D eigenvalue weighted by atomic mass is 32.1. The molecule has 0 saturated heterocycles. The summed E-state index contributed by atoms with van der Waals surface area (Å²) >= 11 is 4.80. The molecule has 2 rings (SSSR count). The molecule has 0 aliphatic heterocycles. The van der Waals surface area contributed by atoms with Crippen LogP contribution < -0.4 is 10.5 Å². The van der Waals surface area contributed by atoms with Gasteiger partial charge in [-0.15, -0.1) is 0 Å². The van der Waals surface area contributed by atoms with Gasteiger partial charge in [0.05, 0.1) is 0 Å². The molecule has 4 heteroatoms. The molecule has 0 atom stereocenters. The Morgan fingerprint density at radius 2 is 1.95 bits per heavy atom. The summed E-state index contributed by atoms with van der Waals surface area (Å²) in [6, 6.07) is 12.5. The molecule has 0 heterocycles. The van der Waals surface area contributed by atoms with Crippen molar-refractivity contribution in [1.82, 2.24) is 0 Å². The molecule has 0 fully saturated rings. The molecule has 0 amide bonds. The van der Waals surface area contributed by atoms with Crippen LogP contribution in [0, 0.1) is 12.7 Å². The van der Waals surface area contributed by atoms with E-state index in [4.69, 9.17) is 22.7 Å². The van der Waals surface area contributed by atoms with Crippen LogP contribution in [0.2, 0.25) is 0 Å². The van der Waals surface area contributed by atoms with E-state index in [0.29, 0.717) is 5.56 Å². The van der Waals surface area contributed by atoms with Gasteiger partial charge in [0.25, 0.3) is 0 Å². The summed E-state index contributed by atoms with van der Waals surface area (Å²) in [5.41, 5.74) is 7.16. The van der Waals surface area contributed by atoms with E-state index in [2.05, 4.69) is 0 Å². The average Bonchev–Trinajstić information content (AvgIpc) is 2.39. The van der Waals surface area contributed by atoms with Gasteiger partial charge in [0.15, 0.2) is 0 Å². The molecule has 2 nitrogen and oxygen atoms in total. The van der Waals surface area contributed by atoms with Crippen molar-refractivity contribution in [2.24, 2.45) is 5.73 Å². The maximum atomic E-state index is 14.1. The second kappa shape index (κ2) is 5.80. The Hall–Kier alpha value is -1.94. The van der Waals surface area contributed by atoms with Gasteiger partial charge >= 0.3 is 0 Å². The molecule has 19 heavy (non-hydrogen) atoms. The van der Waals surface area contributed by atoms with Crippen molar-refractivity contribution in [3.05, 3.63) is 65.0 Å². The highest BCUT2D eigenvalue weighted by molar-refractivity contribution is 7.80. The SMILES string of the molecule is Cc1ccccc1OCc1cccc(C(N)=S)c1F. The van der Waals surface area contributed by atoms with E-state index in [1.807, 2.05) is 31.2 Å². The molecule has 0 bridgehead atoms. The maximum Gasteiger partial charge on any atom is 0.139 e. The van der Waals surface area contributed by atoms with E-state index in [0.717, 1.165) is 11.3 Å². The molecule has 2 aromatic carbocycles. The minimum Gasteiger partial charge on any atom is -0.489 e. The predicted molar refractivity (Wildman–Crippen MR) is 77.8 cm³/mol. The van der Waals surface area contributed by atoms with Crippen LogP contribution in [0.1, 0.15) is 16.7 Å². The van der Waals surface area contributed by atoms with Gasteiger partial charge in [0.2, 0.25) is 0 Å². The zero-order valence-electron chi connectivity index (χ0n) is 10.5. The smallest absolute Gasteiger partial charge is 0.139 e. The Balaban J connectivity index is 2.19. The predicted octanol–water partition coefficient (Wildman–Crippen LogP) is 3.35. The van der Waals surface area contributed by atoms with Crippen molar-refractivity contribution >= 4 is 17.2 Å². The molecular formula is C15H14FNOS. The fourth-order valence-corrected chi connectivity index (χ4v) is 1.91. The molecule has 2 N–H and O–H groups in total. The first kappa shape index (κ1) is 13.5. The number of benzene rings is 2. The van der Waals surface area contributed by atoms with Gasteiger partial charge in [-0.05, 0) is 24.6 Å². The summed E-state index contributed by atoms with van der Waals surface area (Å²) in [6.45, 7) is 2.09. The number of rotatable bonds is 4. The van der Waals surface area contributed by atoms with Crippen molar-refractivity contribution in [2.75, 3.05) is 0 Å². The van der Waals surface area contributed by atoms with E-state index >= 15 is 0 Å². The fraction of sp³-hybridized carbons (Fsp3) is 0.133. The first-order valence-corrected chi connectivity index (χ1v) is 6.26. The van der Waals surface area contributed by atoms with Gasteiger partial charge in [0, 0.05) is 11.1 Å². The number of halogens is 1. The third-order valence-electron chi connectivity index (χ3n) is 2.82. The number of aryl methyl sites for hydroxylation is 1. The summed E-state index contributed by atoms with van der Waals surface area (Å²) in [5, 5.41) is 0. The molecule has 2 aromatic rings. The first-order valence-electron chi connectivity index (χ1n) is 5.85. The van der Waals surface area contributed by atoms with E-state index in [1.165, 1.54) is 0 Å². The monoisotopic (exact) mass is 275 g/mol. The Bertz CT molecular complexity index is 613. The largest absolute Gasteiger partial charge is 0.489 e. The van der Waals surface area contributed by atoms with Crippen LogP contribution in [0.3, 0.4) is 0 Å². The Morgan fingerprint density at radius 3 is 2.63 bits per heavy atom. The molecule has 0 aromatic heterocycles. The van der Waals surface area contributed by atoms with Crippen molar-refractivity contribution in [1.29, 1.82) is 0 Å². The van der Waals surface area contributed by atoms with E-state index < -0.39 is 5.82 Å². The number of para-hydroxylation sites is 1. The summed E-state index contributed by atoms with van der Waals surface area (Å²) in [7, 11) is 0. The third kappa shape index (κ3) is 3.09. The van der Waals surface area contributed by atoms with Crippen molar-refractivity contribution < 1.29 is 9.13 Å². The van der Waals surface area contributed by atoms with Gasteiger partial charge in [0.1, 0.15) is 23.2 Å². The van der Waals surface area contributed by atoms with Gasteiger partial charge in [-0.2, -0.15) is 0 Å². The molecule has 0 aliphatic carbocycles. The summed E-state index contributed by atoms with van der Waals surface area (Å²) in [4.78, 5) is 0.0511. The van der Waals surface area contributed by atoms with Crippen LogP contribution in [-0.2, 0) is 6.61 Å². The van der Waals surface area contributed by atoms with E-state index in [1.54, 1.807) is 18.2 Å². The Morgan fingerprint density at radius 1 is 1.21 bits per heavy atom. The second-order valence-corrected chi connectivity index (χ2v) is 4.64. The Kier molecular flexibility index (Phi) is 4.12. The molecule has 0 radical (unpaired) electrons. The fourth-order valence-electron chi connectivity index (χ4n) is 1.76. The third-order valence-corrected chi connectivity index (χ3v) is 3.04.